The summed E-state index contributed by atoms with van der Waals surface area (Å²) in [4.78, 5) is 32.3. The third kappa shape index (κ3) is 14.0. The van der Waals surface area contributed by atoms with Crippen LogP contribution in [0, 0.1) is 0 Å². The Balaban J connectivity index is 0.000000734. The van der Waals surface area contributed by atoms with E-state index in [4.69, 9.17) is 9.84 Å². The van der Waals surface area contributed by atoms with Crippen molar-refractivity contribution >= 4 is 18.0 Å². The van der Waals surface area contributed by atoms with Crippen molar-refractivity contribution in [1.29, 1.82) is 0 Å². The molecule has 1 aromatic carbocycles. The molecule has 0 fully saturated rings. The summed E-state index contributed by atoms with van der Waals surface area (Å²) in [7, 11) is 0. The van der Waals surface area contributed by atoms with Gasteiger partial charge in [0.15, 0.2) is 0 Å². The molecule has 0 aliphatic carbocycles. The van der Waals surface area contributed by atoms with E-state index < -0.39 is 35.9 Å². The minimum Gasteiger partial charge on any atom is -0.481 e. The zero-order chi connectivity index (χ0) is 22.7. The molecular formula is C19H26F3NO6. The molecule has 0 spiro atoms. The number of carbonyl (C=O) groups is 3. The highest BCUT2D eigenvalue weighted by atomic mass is 19.4. The number of hydrogen-bond acceptors (Lipinski definition) is 5. The summed E-state index contributed by atoms with van der Waals surface area (Å²) in [6, 6.07) is 8.93. The molecule has 0 heterocycles. The Morgan fingerprint density at radius 2 is 1.66 bits per heavy atom. The molecule has 0 saturated carbocycles. The van der Waals surface area contributed by atoms with Crippen LogP contribution < -0.4 is 5.32 Å². The maximum atomic E-state index is 11.7. The number of ether oxygens (including phenoxy) is 2. The molecule has 0 aliphatic rings. The van der Waals surface area contributed by atoms with Crippen LogP contribution in [0.25, 0.3) is 0 Å². The van der Waals surface area contributed by atoms with E-state index in [0.717, 1.165) is 5.56 Å². The Labute approximate surface area is 167 Å². The van der Waals surface area contributed by atoms with Crippen LogP contribution in [0.5, 0.6) is 0 Å². The lowest BCUT2D eigenvalue weighted by atomic mass is 10.0. The maximum absolute atomic E-state index is 11.7. The maximum Gasteiger partial charge on any atom is 0.490 e. The number of hydrogen-bond donors (Lipinski definition) is 2. The molecule has 164 valence electrons. The van der Waals surface area contributed by atoms with E-state index in [0.29, 0.717) is 6.42 Å². The zero-order valence-corrected chi connectivity index (χ0v) is 16.7. The first kappa shape index (κ1) is 26.2. The first-order valence-corrected chi connectivity index (χ1v) is 8.73. The van der Waals surface area contributed by atoms with E-state index in [2.05, 4.69) is 10.1 Å². The smallest absolute Gasteiger partial charge is 0.481 e. The third-order valence-corrected chi connectivity index (χ3v) is 2.97. The van der Waals surface area contributed by atoms with E-state index in [9.17, 15) is 27.6 Å². The van der Waals surface area contributed by atoms with Gasteiger partial charge in [-0.2, -0.15) is 13.2 Å². The van der Waals surface area contributed by atoms with Crippen LogP contribution in [0.3, 0.4) is 0 Å². The molecule has 1 unspecified atom stereocenters. The van der Waals surface area contributed by atoms with Gasteiger partial charge in [0.25, 0.3) is 0 Å². The number of benzene rings is 1. The molecule has 0 radical (unpaired) electrons. The van der Waals surface area contributed by atoms with Gasteiger partial charge < -0.3 is 19.9 Å². The fourth-order valence-corrected chi connectivity index (χ4v) is 1.97. The summed E-state index contributed by atoms with van der Waals surface area (Å²) in [5, 5.41) is 11.5. The van der Waals surface area contributed by atoms with Gasteiger partial charge in [0.1, 0.15) is 5.60 Å². The Morgan fingerprint density at radius 3 is 2.03 bits per heavy atom. The Kier molecular flexibility index (Phi) is 10.8. The Morgan fingerprint density at radius 1 is 1.10 bits per heavy atom. The summed E-state index contributed by atoms with van der Waals surface area (Å²) in [6.07, 6.45) is -5.14. The quantitative estimate of drug-likeness (QED) is 0.679. The molecule has 2 N–H and O–H groups in total. The number of carbonyl (C=O) groups excluding carboxylic acids is 2. The van der Waals surface area contributed by atoms with E-state index in [1.807, 2.05) is 30.3 Å². The number of rotatable bonds is 6. The third-order valence-electron chi connectivity index (χ3n) is 2.97. The highest BCUT2D eigenvalue weighted by Crippen LogP contribution is 2.15. The molecule has 0 bridgehead atoms. The van der Waals surface area contributed by atoms with Crippen LogP contribution in [-0.4, -0.2) is 47.6 Å². The molecule has 1 aromatic rings. The van der Waals surface area contributed by atoms with Crippen molar-refractivity contribution in [2.45, 2.75) is 58.4 Å². The minimum absolute atomic E-state index is 0.145. The first-order chi connectivity index (χ1) is 13.2. The molecular weight excluding hydrogens is 395 g/mol. The number of alkyl carbamates (subject to hydrolysis) is 1. The summed E-state index contributed by atoms with van der Waals surface area (Å²) >= 11 is 0. The van der Waals surface area contributed by atoms with Gasteiger partial charge in [-0.05, 0) is 39.7 Å². The van der Waals surface area contributed by atoms with Crippen molar-refractivity contribution in [3.63, 3.8) is 0 Å². The van der Waals surface area contributed by atoms with Crippen LogP contribution in [0.2, 0.25) is 0 Å². The number of nitrogens with one attached hydrogen (secondary N) is 1. The van der Waals surface area contributed by atoms with Gasteiger partial charge in [0, 0.05) is 6.04 Å². The van der Waals surface area contributed by atoms with Crippen molar-refractivity contribution in [3.8, 4) is 0 Å². The fraction of sp³-hybridized carbons (Fsp3) is 0.526. The van der Waals surface area contributed by atoms with E-state index in [-0.39, 0.29) is 13.0 Å². The van der Waals surface area contributed by atoms with Gasteiger partial charge in [0.2, 0.25) is 0 Å². The largest absolute Gasteiger partial charge is 0.490 e. The molecule has 29 heavy (non-hydrogen) atoms. The van der Waals surface area contributed by atoms with Crippen LogP contribution in [0.4, 0.5) is 18.0 Å². The predicted molar refractivity (Wildman–Crippen MR) is 98.2 cm³/mol. The predicted octanol–water partition coefficient (Wildman–Crippen LogP) is 3.71. The van der Waals surface area contributed by atoms with E-state index >= 15 is 0 Å². The molecule has 0 aliphatic heterocycles. The van der Waals surface area contributed by atoms with Gasteiger partial charge in [-0.1, -0.05) is 30.3 Å². The van der Waals surface area contributed by atoms with Crippen LogP contribution >= 0.6 is 0 Å². The lowest BCUT2D eigenvalue weighted by Crippen LogP contribution is -2.41. The number of alkyl halides is 3. The standard InChI is InChI=1S/C15H21NO4.C4H5F3O2/c1-15(2,3)20-14(19)16-12(10-13(17)18)9-11-7-5-4-6-8-11;1-2-9-3(8)4(5,6)7/h4-8,12H,9-10H2,1-3H3,(H,16,19)(H,17,18);2H2,1H3. The van der Waals surface area contributed by atoms with Gasteiger partial charge in [-0.15, -0.1) is 0 Å². The SMILES string of the molecule is CC(C)(C)OC(=O)NC(CC(=O)O)Cc1ccccc1.CCOC(=O)C(F)(F)F. The average molecular weight is 421 g/mol. The fourth-order valence-electron chi connectivity index (χ4n) is 1.97. The molecule has 1 amide bonds. The highest BCUT2D eigenvalue weighted by molar-refractivity contribution is 5.75. The number of amides is 1. The van der Waals surface area contributed by atoms with Gasteiger partial charge >= 0.3 is 24.2 Å². The Bertz CT molecular complexity index is 656. The normalized spacial score (nSPS) is 12.1. The molecule has 10 heteroatoms. The van der Waals surface area contributed by atoms with Crippen molar-refractivity contribution in [2.24, 2.45) is 0 Å². The molecule has 7 nitrogen and oxygen atoms in total. The Hall–Kier alpha value is -2.78. The summed E-state index contributed by atoms with van der Waals surface area (Å²) < 4.78 is 42.3. The topological polar surface area (TPSA) is 102 Å². The van der Waals surface area contributed by atoms with Crippen LogP contribution in [-0.2, 0) is 25.5 Å². The second-order valence-corrected chi connectivity index (χ2v) is 6.85. The van der Waals surface area contributed by atoms with Gasteiger partial charge in [-0.3, -0.25) is 4.79 Å². The van der Waals surface area contributed by atoms with Crippen molar-refractivity contribution in [3.05, 3.63) is 35.9 Å². The first-order valence-electron chi connectivity index (χ1n) is 8.73. The summed E-state index contributed by atoms with van der Waals surface area (Å²) in [6.45, 7) is 6.34. The summed E-state index contributed by atoms with van der Waals surface area (Å²) in [5.41, 5.74) is 0.361. The number of esters is 1. The molecule has 0 aromatic heterocycles. The van der Waals surface area contributed by atoms with Gasteiger partial charge in [0.05, 0.1) is 13.0 Å². The molecule has 0 saturated heterocycles. The second kappa shape index (κ2) is 11.9. The average Bonchev–Trinajstić information content (AvgIpc) is 2.53. The number of carboxylic acids is 1. The van der Waals surface area contributed by atoms with E-state index in [1.54, 1.807) is 20.8 Å². The highest BCUT2D eigenvalue weighted by Gasteiger charge is 2.40. The number of carboxylic acid groups (broad SMARTS) is 1. The van der Waals surface area contributed by atoms with Gasteiger partial charge in [-0.25, -0.2) is 9.59 Å². The van der Waals surface area contributed by atoms with E-state index in [1.165, 1.54) is 6.92 Å². The van der Waals surface area contributed by atoms with Crippen molar-refractivity contribution in [2.75, 3.05) is 6.61 Å². The second-order valence-electron chi connectivity index (χ2n) is 6.85. The van der Waals surface area contributed by atoms with Crippen molar-refractivity contribution in [1.82, 2.24) is 5.32 Å². The molecule has 1 rings (SSSR count). The lowest BCUT2D eigenvalue weighted by molar-refractivity contribution is -0.199. The summed E-state index contributed by atoms with van der Waals surface area (Å²) in [5.74, 6) is -3.09. The minimum atomic E-state index is -4.85. The lowest BCUT2D eigenvalue weighted by Gasteiger charge is -2.23. The van der Waals surface area contributed by atoms with Crippen molar-refractivity contribution < 1.29 is 42.1 Å². The molecule has 1 atom stereocenters. The van der Waals surface area contributed by atoms with Crippen LogP contribution in [0.15, 0.2) is 30.3 Å². The van der Waals surface area contributed by atoms with Crippen LogP contribution in [0.1, 0.15) is 39.7 Å². The number of aliphatic carboxylic acids is 1. The monoisotopic (exact) mass is 421 g/mol. The zero-order valence-electron chi connectivity index (χ0n) is 16.7. The number of halogens is 3.